The molecule has 0 fully saturated rings. The molecular formula is C7H8N4O3S. The zero-order chi connectivity index (χ0) is 11.5. The van der Waals surface area contributed by atoms with Crippen LogP contribution in [-0.2, 0) is 10.0 Å². The minimum Gasteiger partial charge on any atom is -0.268 e. The lowest BCUT2D eigenvalue weighted by atomic mass is 10.5. The molecule has 0 aliphatic rings. The van der Waals surface area contributed by atoms with Gasteiger partial charge in [0, 0.05) is 6.07 Å². The van der Waals surface area contributed by atoms with Crippen molar-refractivity contribution in [2.45, 2.75) is 12.2 Å². The van der Waals surface area contributed by atoms with E-state index < -0.39 is 20.8 Å². The highest BCUT2D eigenvalue weighted by molar-refractivity contribution is 7.93. The van der Waals surface area contributed by atoms with Gasteiger partial charge in [-0.2, -0.15) is 10.4 Å². The number of rotatable bonds is 3. The topological polar surface area (TPSA) is 116 Å². The van der Waals surface area contributed by atoms with Crippen molar-refractivity contribution in [2.75, 3.05) is 4.72 Å². The summed E-state index contributed by atoms with van der Waals surface area (Å²) in [6.45, 7) is 1.24. The van der Waals surface area contributed by atoms with Gasteiger partial charge in [-0.3, -0.25) is 9.52 Å². The second kappa shape index (κ2) is 4.10. The van der Waals surface area contributed by atoms with Crippen LogP contribution in [0, 0.1) is 11.3 Å². The van der Waals surface area contributed by atoms with E-state index in [0.29, 0.717) is 0 Å². The molecule has 7 nitrogen and oxygen atoms in total. The van der Waals surface area contributed by atoms with E-state index >= 15 is 0 Å². The predicted octanol–water partition coefficient (Wildman–Crippen LogP) is -0.576. The number of hydrogen-bond donors (Lipinski definition) is 2. The van der Waals surface area contributed by atoms with Crippen LogP contribution < -0.4 is 10.3 Å². The third-order valence-corrected chi connectivity index (χ3v) is 3.10. The maximum absolute atomic E-state index is 11.4. The Hall–Kier alpha value is -1.88. The van der Waals surface area contributed by atoms with Crippen LogP contribution in [0.25, 0.3) is 0 Å². The van der Waals surface area contributed by atoms with Crippen molar-refractivity contribution in [3.05, 3.63) is 22.5 Å². The summed E-state index contributed by atoms with van der Waals surface area (Å²) in [7, 11) is -3.77. The van der Waals surface area contributed by atoms with Gasteiger partial charge in [-0.05, 0) is 13.0 Å². The van der Waals surface area contributed by atoms with E-state index in [0.717, 1.165) is 6.07 Å². The Balaban J connectivity index is 2.93. The van der Waals surface area contributed by atoms with Crippen molar-refractivity contribution < 1.29 is 8.42 Å². The van der Waals surface area contributed by atoms with Crippen LogP contribution in [0.3, 0.4) is 0 Å². The summed E-state index contributed by atoms with van der Waals surface area (Å²) in [6.07, 6.45) is 0. The third-order valence-electron chi connectivity index (χ3n) is 1.57. The minimum atomic E-state index is -3.77. The fourth-order valence-electron chi connectivity index (χ4n) is 0.705. The quantitative estimate of drug-likeness (QED) is 0.718. The van der Waals surface area contributed by atoms with Crippen molar-refractivity contribution in [2.24, 2.45) is 0 Å². The summed E-state index contributed by atoms with van der Waals surface area (Å²) < 4.78 is 24.8. The van der Waals surface area contributed by atoms with Gasteiger partial charge in [0.05, 0.1) is 6.07 Å². The Bertz CT molecular complexity index is 522. The average Bonchev–Trinajstić information content (AvgIpc) is 2.20. The monoisotopic (exact) mass is 228 g/mol. The van der Waals surface area contributed by atoms with Gasteiger partial charge < -0.3 is 0 Å². The van der Waals surface area contributed by atoms with Gasteiger partial charge in [0.1, 0.15) is 0 Å². The zero-order valence-electron chi connectivity index (χ0n) is 7.76. The van der Waals surface area contributed by atoms with Crippen LogP contribution in [-0.4, -0.2) is 23.9 Å². The normalized spacial score (nSPS) is 12.8. The van der Waals surface area contributed by atoms with E-state index in [1.165, 1.54) is 13.0 Å². The first kappa shape index (κ1) is 11.2. The SMILES string of the molecule is CC(C#N)S(=O)(=O)Nc1ccc(=O)[nH]n1. The summed E-state index contributed by atoms with van der Waals surface area (Å²) in [5.74, 6) is -0.0308. The van der Waals surface area contributed by atoms with Crippen molar-refractivity contribution in [1.29, 1.82) is 5.26 Å². The Morgan fingerprint density at radius 3 is 2.73 bits per heavy atom. The van der Waals surface area contributed by atoms with Crippen LogP contribution in [0.5, 0.6) is 0 Å². The first-order valence-electron chi connectivity index (χ1n) is 3.92. The van der Waals surface area contributed by atoms with Crippen molar-refractivity contribution in [1.82, 2.24) is 10.2 Å². The van der Waals surface area contributed by atoms with E-state index in [2.05, 4.69) is 14.9 Å². The first-order valence-corrected chi connectivity index (χ1v) is 5.47. The van der Waals surface area contributed by atoms with Crippen LogP contribution in [0.2, 0.25) is 0 Å². The number of nitrogens with zero attached hydrogens (tertiary/aromatic N) is 2. The lowest BCUT2D eigenvalue weighted by Gasteiger charge is -2.06. The second-order valence-corrected chi connectivity index (χ2v) is 4.73. The van der Waals surface area contributed by atoms with Crippen LogP contribution in [0.15, 0.2) is 16.9 Å². The molecule has 8 heteroatoms. The number of nitrogens with one attached hydrogen (secondary N) is 2. The van der Waals surface area contributed by atoms with Gasteiger partial charge in [0.2, 0.25) is 10.0 Å². The molecular weight excluding hydrogens is 220 g/mol. The largest absolute Gasteiger partial charge is 0.268 e. The van der Waals surface area contributed by atoms with E-state index in [1.807, 2.05) is 0 Å². The van der Waals surface area contributed by atoms with E-state index in [9.17, 15) is 13.2 Å². The standard InChI is InChI=1S/C7H8N4O3S/c1-5(4-8)15(13,14)11-6-2-3-7(12)10-9-6/h2-3,5H,1H3,(H,9,11)(H,10,12). The molecule has 0 saturated heterocycles. The summed E-state index contributed by atoms with van der Waals surface area (Å²) in [4.78, 5) is 10.6. The number of nitriles is 1. The molecule has 0 bridgehead atoms. The van der Waals surface area contributed by atoms with Gasteiger partial charge in [-0.25, -0.2) is 13.5 Å². The molecule has 1 aromatic heterocycles. The molecule has 1 atom stereocenters. The van der Waals surface area contributed by atoms with Gasteiger partial charge >= 0.3 is 0 Å². The zero-order valence-corrected chi connectivity index (χ0v) is 8.58. The fourth-order valence-corrected chi connectivity index (χ4v) is 1.43. The maximum atomic E-state index is 11.4. The van der Waals surface area contributed by atoms with Crippen molar-refractivity contribution in [3.8, 4) is 6.07 Å². The number of hydrogen-bond acceptors (Lipinski definition) is 5. The number of sulfonamides is 1. The molecule has 0 spiro atoms. The highest BCUT2D eigenvalue weighted by atomic mass is 32.2. The third kappa shape index (κ3) is 2.78. The number of aromatic amines is 1. The van der Waals surface area contributed by atoms with Gasteiger partial charge in [-0.15, -0.1) is 0 Å². The summed E-state index contributed by atoms with van der Waals surface area (Å²) in [5, 5.41) is 12.8. The molecule has 1 heterocycles. The van der Waals surface area contributed by atoms with Crippen LogP contribution >= 0.6 is 0 Å². The molecule has 15 heavy (non-hydrogen) atoms. The Kier molecular flexibility index (Phi) is 3.06. The number of aromatic nitrogens is 2. The molecule has 0 saturated carbocycles. The molecule has 80 valence electrons. The molecule has 0 radical (unpaired) electrons. The Morgan fingerprint density at radius 1 is 1.60 bits per heavy atom. The minimum absolute atomic E-state index is 0.0308. The van der Waals surface area contributed by atoms with E-state index in [4.69, 9.17) is 5.26 Å². The van der Waals surface area contributed by atoms with Crippen LogP contribution in [0.1, 0.15) is 6.92 Å². The molecule has 2 N–H and O–H groups in total. The van der Waals surface area contributed by atoms with Crippen molar-refractivity contribution >= 4 is 15.8 Å². The highest BCUT2D eigenvalue weighted by Gasteiger charge is 2.20. The lowest BCUT2D eigenvalue weighted by molar-refractivity contribution is 0.597. The predicted molar refractivity (Wildman–Crippen MR) is 52.5 cm³/mol. The van der Waals surface area contributed by atoms with Crippen LogP contribution in [0.4, 0.5) is 5.82 Å². The van der Waals surface area contributed by atoms with Gasteiger partial charge in [-0.1, -0.05) is 0 Å². The van der Waals surface area contributed by atoms with E-state index in [1.54, 1.807) is 6.07 Å². The smallest absolute Gasteiger partial charge is 0.264 e. The highest BCUT2D eigenvalue weighted by Crippen LogP contribution is 2.05. The molecule has 0 amide bonds. The Labute approximate surface area is 85.8 Å². The second-order valence-electron chi connectivity index (χ2n) is 2.72. The number of anilines is 1. The summed E-state index contributed by atoms with van der Waals surface area (Å²) in [5.41, 5.74) is -0.439. The average molecular weight is 228 g/mol. The van der Waals surface area contributed by atoms with Crippen molar-refractivity contribution in [3.63, 3.8) is 0 Å². The lowest BCUT2D eigenvalue weighted by Crippen LogP contribution is -2.25. The molecule has 1 unspecified atom stereocenters. The molecule has 0 aromatic carbocycles. The maximum Gasteiger partial charge on any atom is 0.264 e. The molecule has 1 rings (SSSR count). The fraction of sp³-hybridized carbons (Fsp3) is 0.286. The summed E-state index contributed by atoms with van der Waals surface area (Å²) in [6, 6.07) is 3.92. The summed E-state index contributed by atoms with van der Waals surface area (Å²) >= 11 is 0. The number of H-pyrrole nitrogens is 1. The van der Waals surface area contributed by atoms with Gasteiger partial charge in [0.25, 0.3) is 5.56 Å². The first-order chi connectivity index (χ1) is 6.95. The molecule has 0 aliphatic carbocycles. The Morgan fingerprint density at radius 2 is 2.27 bits per heavy atom. The van der Waals surface area contributed by atoms with Gasteiger partial charge in [0.15, 0.2) is 11.1 Å². The molecule has 0 aliphatic heterocycles. The molecule has 1 aromatic rings. The van der Waals surface area contributed by atoms with E-state index in [-0.39, 0.29) is 5.82 Å².